The minimum Gasteiger partial charge on any atom is -0.264 e. The molecule has 0 saturated carbocycles. The van der Waals surface area contributed by atoms with Crippen molar-refractivity contribution in [3.63, 3.8) is 0 Å². The molecule has 21 heavy (non-hydrogen) atoms. The third-order valence-corrected chi connectivity index (χ3v) is 4.97. The SMILES string of the molecule is CCc1ccncc1-c1nc(-c2ccc(Br)cc2)c(C)s1. The van der Waals surface area contributed by atoms with Gasteiger partial charge in [-0.25, -0.2) is 4.98 Å². The van der Waals surface area contributed by atoms with Gasteiger partial charge in [-0.15, -0.1) is 11.3 Å². The average molecular weight is 359 g/mol. The number of benzene rings is 1. The van der Waals surface area contributed by atoms with Crippen LogP contribution in [0.15, 0.2) is 47.2 Å². The van der Waals surface area contributed by atoms with E-state index >= 15 is 0 Å². The maximum absolute atomic E-state index is 4.85. The van der Waals surface area contributed by atoms with Crippen LogP contribution in [0.3, 0.4) is 0 Å². The lowest BCUT2D eigenvalue weighted by molar-refractivity contribution is 1.12. The minimum absolute atomic E-state index is 0.990. The van der Waals surface area contributed by atoms with Gasteiger partial charge in [-0.1, -0.05) is 35.0 Å². The number of aryl methyl sites for hydroxylation is 2. The lowest BCUT2D eigenvalue weighted by Crippen LogP contribution is -1.88. The average Bonchev–Trinajstić information content (AvgIpc) is 2.90. The highest BCUT2D eigenvalue weighted by molar-refractivity contribution is 9.10. The summed E-state index contributed by atoms with van der Waals surface area (Å²) in [5.74, 6) is 0. The predicted molar refractivity (Wildman–Crippen MR) is 92.6 cm³/mol. The predicted octanol–water partition coefficient (Wildman–Crippen LogP) is 5.51. The van der Waals surface area contributed by atoms with Crippen molar-refractivity contribution in [2.45, 2.75) is 20.3 Å². The Morgan fingerprint density at radius 1 is 1.14 bits per heavy atom. The van der Waals surface area contributed by atoms with E-state index in [1.807, 2.05) is 12.4 Å². The van der Waals surface area contributed by atoms with Gasteiger partial charge in [-0.2, -0.15) is 0 Å². The van der Waals surface area contributed by atoms with Crippen LogP contribution in [-0.2, 0) is 6.42 Å². The van der Waals surface area contributed by atoms with Crippen molar-refractivity contribution in [2.75, 3.05) is 0 Å². The topological polar surface area (TPSA) is 25.8 Å². The van der Waals surface area contributed by atoms with Crippen LogP contribution in [0.4, 0.5) is 0 Å². The molecule has 2 aromatic heterocycles. The second-order valence-corrected chi connectivity index (χ2v) is 6.94. The summed E-state index contributed by atoms with van der Waals surface area (Å²) in [6.07, 6.45) is 4.75. The largest absolute Gasteiger partial charge is 0.264 e. The summed E-state index contributed by atoms with van der Waals surface area (Å²) >= 11 is 5.20. The first kappa shape index (κ1) is 14.4. The molecule has 0 radical (unpaired) electrons. The zero-order valence-electron chi connectivity index (χ0n) is 11.9. The molecule has 0 amide bonds. The van der Waals surface area contributed by atoms with E-state index in [2.05, 4.69) is 65.1 Å². The normalized spacial score (nSPS) is 10.8. The van der Waals surface area contributed by atoms with E-state index in [4.69, 9.17) is 4.98 Å². The van der Waals surface area contributed by atoms with Gasteiger partial charge in [0.25, 0.3) is 0 Å². The van der Waals surface area contributed by atoms with Gasteiger partial charge >= 0.3 is 0 Å². The van der Waals surface area contributed by atoms with E-state index in [-0.39, 0.29) is 0 Å². The van der Waals surface area contributed by atoms with E-state index < -0.39 is 0 Å². The van der Waals surface area contributed by atoms with E-state index in [1.165, 1.54) is 10.4 Å². The summed E-state index contributed by atoms with van der Waals surface area (Å²) in [4.78, 5) is 10.3. The molecule has 0 fully saturated rings. The Hall–Kier alpha value is -1.52. The van der Waals surface area contributed by atoms with Crippen LogP contribution >= 0.6 is 27.3 Å². The maximum atomic E-state index is 4.85. The summed E-state index contributed by atoms with van der Waals surface area (Å²) in [5, 5.41) is 1.05. The lowest BCUT2D eigenvalue weighted by atomic mass is 10.1. The Labute approximate surface area is 137 Å². The van der Waals surface area contributed by atoms with Crippen molar-refractivity contribution >= 4 is 27.3 Å². The fourth-order valence-electron chi connectivity index (χ4n) is 2.31. The van der Waals surface area contributed by atoms with Gasteiger partial charge in [0.2, 0.25) is 0 Å². The molecule has 4 heteroatoms. The van der Waals surface area contributed by atoms with Gasteiger partial charge in [-0.05, 0) is 37.1 Å². The third kappa shape index (κ3) is 2.92. The number of rotatable bonds is 3. The zero-order chi connectivity index (χ0) is 14.8. The highest BCUT2D eigenvalue weighted by atomic mass is 79.9. The summed E-state index contributed by atoms with van der Waals surface area (Å²) in [5.41, 5.74) is 4.66. The standard InChI is InChI=1S/C17H15BrN2S/c1-3-12-8-9-19-10-15(12)17-20-16(11(2)21-17)13-4-6-14(18)7-5-13/h4-10H,3H2,1-2H3. The molecule has 0 aliphatic carbocycles. The number of hydrogen-bond donors (Lipinski definition) is 0. The summed E-state index contributed by atoms with van der Waals surface area (Å²) < 4.78 is 1.08. The highest BCUT2D eigenvalue weighted by Crippen LogP contribution is 2.34. The molecule has 0 atom stereocenters. The fourth-order valence-corrected chi connectivity index (χ4v) is 3.56. The zero-order valence-corrected chi connectivity index (χ0v) is 14.3. The number of nitrogens with zero attached hydrogens (tertiary/aromatic N) is 2. The third-order valence-electron chi connectivity index (χ3n) is 3.44. The van der Waals surface area contributed by atoms with Crippen LogP contribution in [0.25, 0.3) is 21.8 Å². The molecular weight excluding hydrogens is 344 g/mol. The van der Waals surface area contributed by atoms with Gasteiger partial charge in [0, 0.05) is 32.9 Å². The molecule has 0 saturated heterocycles. The van der Waals surface area contributed by atoms with Crippen molar-refractivity contribution in [3.05, 3.63) is 57.6 Å². The molecule has 106 valence electrons. The molecule has 0 bridgehead atoms. The Morgan fingerprint density at radius 2 is 1.90 bits per heavy atom. The fraction of sp³-hybridized carbons (Fsp3) is 0.176. The van der Waals surface area contributed by atoms with Crippen LogP contribution in [-0.4, -0.2) is 9.97 Å². The molecule has 0 spiro atoms. The molecule has 3 aromatic rings. The van der Waals surface area contributed by atoms with Crippen molar-refractivity contribution < 1.29 is 0 Å². The second-order valence-electron chi connectivity index (χ2n) is 4.82. The maximum Gasteiger partial charge on any atom is 0.126 e. The van der Waals surface area contributed by atoms with E-state index in [0.717, 1.165) is 32.7 Å². The Balaban J connectivity index is 2.07. The first-order chi connectivity index (χ1) is 10.2. The molecule has 2 nitrogen and oxygen atoms in total. The van der Waals surface area contributed by atoms with Crippen molar-refractivity contribution in [3.8, 4) is 21.8 Å². The molecule has 0 unspecified atom stereocenters. The highest BCUT2D eigenvalue weighted by Gasteiger charge is 2.13. The molecule has 0 aliphatic rings. The van der Waals surface area contributed by atoms with Gasteiger partial charge in [-0.3, -0.25) is 4.98 Å². The Kier molecular flexibility index (Phi) is 4.17. The molecule has 0 N–H and O–H groups in total. The Morgan fingerprint density at radius 3 is 2.62 bits per heavy atom. The molecule has 2 heterocycles. The Bertz CT molecular complexity index is 763. The van der Waals surface area contributed by atoms with E-state index in [1.54, 1.807) is 11.3 Å². The van der Waals surface area contributed by atoms with Gasteiger partial charge in [0.05, 0.1) is 5.69 Å². The van der Waals surface area contributed by atoms with Crippen molar-refractivity contribution in [2.24, 2.45) is 0 Å². The summed E-state index contributed by atoms with van der Waals surface area (Å²) in [6.45, 7) is 4.29. The smallest absolute Gasteiger partial charge is 0.126 e. The second kappa shape index (κ2) is 6.08. The quantitative estimate of drug-likeness (QED) is 0.617. The number of thiazole rings is 1. The number of hydrogen-bond acceptors (Lipinski definition) is 3. The van der Waals surface area contributed by atoms with E-state index in [9.17, 15) is 0 Å². The van der Waals surface area contributed by atoms with Crippen molar-refractivity contribution in [1.82, 2.24) is 9.97 Å². The van der Waals surface area contributed by atoms with E-state index in [0.29, 0.717) is 0 Å². The van der Waals surface area contributed by atoms with Gasteiger partial charge < -0.3 is 0 Å². The van der Waals surface area contributed by atoms with Crippen LogP contribution < -0.4 is 0 Å². The lowest BCUT2D eigenvalue weighted by Gasteiger charge is -2.03. The van der Waals surface area contributed by atoms with Gasteiger partial charge in [0.15, 0.2) is 0 Å². The molecule has 3 rings (SSSR count). The molecular formula is C17H15BrN2S. The molecule has 1 aromatic carbocycles. The first-order valence-electron chi connectivity index (χ1n) is 6.85. The monoisotopic (exact) mass is 358 g/mol. The summed E-state index contributed by atoms with van der Waals surface area (Å²) in [6, 6.07) is 10.4. The van der Waals surface area contributed by atoms with Crippen LogP contribution in [0.5, 0.6) is 0 Å². The van der Waals surface area contributed by atoms with Crippen LogP contribution in [0.2, 0.25) is 0 Å². The number of aromatic nitrogens is 2. The first-order valence-corrected chi connectivity index (χ1v) is 8.46. The van der Waals surface area contributed by atoms with Crippen molar-refractivity contribution in [1.29, 1.82) is 0 Å². The number of pyridine rings is 1. The molecule has 0 aliphatic heterocycles. The van der Waals surface area contributed by atoms with Crippen LogP contribution in [0.1, 0.15) is 17.4 Å². The summed E-state index contributed by atoms with van der Waals surface area (Å²) in [7, 11) is 0. The number of halogens is 1. The van der Waals surface area contributed by atoms with Crippen LogP contribution in [0, 0.1) is 6.92 Å². The minimum atomic E-state index is 0.990. The van der Waals surface area contributed by atoms with Gasteiger partial charge in [0.1, 0.15) is 5.01 Å².